The molecule has 4 aromatic heterocycles. The predicted octanol–water partition coefficient (Wildman–Crippen LogP) is 9.47. The van der Waals surface area contributed by atoms with Gasteiger partial charge in [-0.05, 0) is 96.8 Å². The Labute approximate surface area is 245 Å². The van der Waals surface area contributed by atoms with E-state index in [9.17, 15) is 0 Å². The molecular formula is C38H30N4. The van der Waals surface area contributed by atoms with E-state index in [1.54, 1.807) is 0 Å². The molecular weight excluding hydrogens is 512 g/mol. The molecule has 0 aliphatic rings. The monoisotopic (exact) mass is 542 g/mol. The maximum absolute atomic E-state index is 4.91. The van der Waals surface area contributed by atoms with Gasteiger partial charge in [-0.2, -0.15) is 0 Å². The lowest BCUT2D eigenvalue weighted by molar-refractivity contribution is 1.12. The first-order chi connectivity index (χ1) is 20.4. The van der Waals surface area contributed by atoms with Gasteiger partial charge in [-0.15, -0.1) is 0 Å². The van der Waals surface area contributed by atoms with Crippen LogP contribution in [0.3, 0.4) is 0 Å². The summed E-state index contributed by atoms with van der Waals surface area (Å²) in [4.78, 5) is 18.9. The van der Waals surface area contributed by atoms with Crippen LogP contribution in [-0.2, 0) is 0 Å². The van der Waals surface area contributed by atoms with Crippen LogP contribution in [0.1, 0.15) is 22.8 Å². The van der Waals surface area contributed by atoms with E-state index in [4.69, 9.17) is 9.97 Å². The van der Waals surface area contributed by atoms with Crippen LogP contribution in [0.15, 0.2) is 109 Å². The number of pyridine rings is 4. The largest absolute Gasteiger partial charge is 0.258 e. The number of aromatic nitrogens is 4. The topological polar surface area (TPSA) is 51.6 Å². The van der Waals surface area contributed by atoms with Gasteiger partial charge in [0.25, 0.3) is 0 Å². The summed E-state index contributed by atoms with van der Waals surface area (Å²) in [6, 6.07) is 34.3. The lowest BCUT2D eigenvalue weighted by Crippen LogP contribution is -1.94. The summed E-state index contributed by atoms with van der Waals surface area (Å²) in [5.74, 6) is 0. The fraction of sp³-hybridized carbons (Fsp3) is 0.105. The Morgan fingerprint density at radius 3 is 1.00 bits per heavy atom. The zero-order valence-corrected chi connectivity index (χ0v) is 24.2. The molecule has 0 radical (unpaired) electrons. The molecule has 4 heterocycles. The first-order valence-corrected chi connectivity index (χ1v) is 14.2. The van der Waals surface area contributed by atoms with E-state index < -0.39 is 0 Å². The minimum atomic E-state index is 0.948. The van der Waals surface area contributed by atoms with Crippen molar-refractivity contribution in [1.82, 2.24) is 19.9 Å². The average molecular weight is 543 g/mol. The highest BCUT2D eigenvalue weighted by Gasteiger charge is 2.17. The van der Waals surface area contributed by atoms with Crippen LogP contribution in [0.2, 0.25) is 0 Å². The highest BCUT2D eigenvalue weighted by molar-refractivity contribution is 6.21. The third-order valence-corrected chi connectivity index (χ3v) is 7.79. The van der Waals surface area contributed by atoms with Crippen molar-refractivity contribution < 1.29 is 0 Å². The summed E-state index contributed by atoms with van der Waals surface area (Å²) in [5.41, 5.74) is 12.6. The van der Waals surface area contributed by atoms with E-state index >= 15 is 0 Å². The second-order valence-electron chi connectivity index (χ2n) is 11.0. The summed E-state index contributed by atoms with van der Waals surface area (Å²) in [5, 5.41) is 4.78. The molecule has 4 nitrogen and oxygen atoms in total. The van der Waals surface area contributed by atoms with Gasteiger partial charge in [0.2, 0.25) is 0 Å². The highest BCUT2D eigenvalue weighted by Crippen LogP contribution is 2.43. The Morgan fingerprint density at radius 2 is 0.714 bits per heavy atom. The third kappa shape index (κ3) is 4.61. The third-order valence-electron chi connectivity index (χ3n) is 7.79. The molecule has 0 fully saturated rings. The first kappa shape index (κ1) is 25.7. The molecule has 4 heteroatoms. The Bertz CT molecular complexity index is 1860. The lowest BCUT2D eigenvalue weighted by atomic mass is 9.86. The average Bonchev–Trinajstić information content (AvgIpc) is 2.99. The predicted molar refractivity (Wildman–Crippen MR) is 173 cm³/mol. The molecule has 0 bridgehead atoms. The fourth-order valence-electron chi connectivity index (χ4n) is 6.14. The van der Waals surface area contributed by atoms with Gasteiger partial charge < -0.3 is 0 Å². The van der Waals surface area contributed by atoms with Crippen LogP contribution in [0.5, 0.6) is 0 Å². The van der Waals surface area contributed by atoms with Crippen molar-refractivity contribution in [3.8, 4) is 44.8 Å². The van der Waals surface area contributed by atoms with Gasteiger partial charge in [-0.25, -0.2) is 0 Å². The van der Waals surface area contributed by atoms with Gasteiger partial charge in [0.05, 0.1) is 11.4 Å². The van der Waals surface area contributed by atoms with Gasteiger partial charge in [0, 0.05) is 57.4 Å². The summed E-state index contributed by atoms with van der Waals surface area (Å²) < 4.78 is 0. The van der Waals surface area contributed by atoms with E-state index in [0.717, 1.165) is 56.4 Å². The van der Waals surface area contributed by atoms with Crippen molar-refractivity contribution in [2.24, 2.45) is 0 Å². The van der Waals surface area contributed by atoms with Crippen LogP contribution in [0.4, 0.5) is 0 Å². The molecule has 3 aromatic carbocycles. The summed E-state index contributed by atoms with van der Waals surface area (Å²) >= 11 is 0. The molecule has 7 rings (SSSR count). The van der Waals surface area contributed by atoms with Gasteiger partial charge >= 0.3 is 0 Å². The molecule has 0 aliphatic carbocycles. The van der Waals surface area contributed by atoms with E-state index in [1.807, 2.05) is 40.1 Å². The highest BCUT2D eigenvalue weighted by atomic mass is 14.7. The van der Waals surface area contributed by atoms with Gasteiger partial charge in [0.1, 0.15) is 0 Å². The summed E-state index contributed by atoms with van der Waals surface area (Å²) in [6.07, 6.45) is 4.01. The fourth-order valence-corrected chi connectivity index (χ4v) is 6.14. The van der Waals surface area contributed by atoms with Crippen molar-refractivity contribution in [2.45, 2.75) is 27.7 Å². The molecule has 0 saturated heterocycles. The summed E-state index contributed by atoms with van der Waals surface area (Å²) in [6.45, 7) is 8.09. The molecule has 202 valence electrons. The van der Waals surface area contributed by atoms with Crippen LogP contribution in [0, 0.1) is 27.7 Å². The molecule has 0 spiro atoms. The number of hydrogen-bond acceptors (Lipinski definition) is 4. The maximum atomic E-state index is 4.91. The summed E-state index contributed by atoms with van der Waals surface area (Å²) in [7, 11) is 0. The number of fused-ring (bicyclic) bond motifs is 2. The number of nitrogens with zero attached hydrogens (tertiary/aromatic N) is 4. The smallest absolute Gasteiger partial charge is 0.0703 e. The van der Waals surface area contributed by atoms with E-state index in [0.29, 0.717) is 0 Å². The van der Waals surface area contributed by atoms with Gasteiger partial charge in [-0.3, -0.25) is 19.9 Å². The Morgan fingerprint density at radius 1 is 0.381 bits per heavy atom. The molecule has 0 aliphatic heterocycles. The normalized spacial score (nSPS) is 11.3. The SMILES string of the molecule is Cc1cc(-c2ccc(-c3c4ccccc4c(-c4ccc(-c5cc(C)nc(C)c5)nc4)c4ccccc34)cn2)cc(C)n1. The maximum Gasteiger partial charge on any atom is 0.0703 e. The van der Waals surface area contributed by atoms with Gasteiger partial charge in [0.15, 0.2) is 0 Å². The van der Waals surface area contributed by atoms with E-state index in [-0.39, 0.29) is 0 Å². The second kappa shape index (κ2) is 10.3. The molecule has 0 amide bonds. The van der Waals surface area contributed by atoms with Crippen LogP contribution in [-0.4, -0.2) is 19.9 Å². The zero-order chi connectivity index (χ0) is 28.8. The number of hydrogen-bond donors (Lipinski definition) is 0. The Hall–Kier alpha value is -5.22. The first-order valence-electron chi connectivity index (χ1n) is 14.2. The quantitative estimate of drug-likeness (QED) is 0.208. The standard InChI is InChI=1S/C38H30N4/c1-23-17-29(18-24(2)41-23)35-15-13-27(21-39-35)37-31-9-5-7-11-33(31)38(34-12-8-6-10-32(34)37)28-14-16-36(40-22-28)30-19-25(3)42-26(4)20-30/h5-22H,1-4H3. The molecule has 0 N–H and O–H groups in total. The number of rotatable bonds is 4. The molecule has 0 atom stereocenters. The molecule has 7 aromatic rings. The van der Waals surface area contributed by atoms with E-state index in [1.165, 1.54) is 32.7 Å². The Kier molecular flexibility index (Phi) is 6.32. The van der Waals surface area contributed by atoms with Crippen molar-refractivity contribution >= 4 is 21.5 Å². The van der Waals surface area contributed by atoms with Crippen molar-refractivity contribution in [1.29, 1.82) is 0 Å². The minimum Gasteiger partial charge on any atom is -0.258 e. The van der Waals surface area contributed by atoms with Crippen LogP contribution < -0.4 is 0 Å². The lowest BCUT2D eigenvalue weighted by Gasteiger charge is -2.17. The molecule has 0 unspecified atom stereocenters. The van der Waals surface area contributed by atoms with Crippen molar-refractivity contribution in [2.75, 3.05) is 0 Å². The minimum absolute atomic E-state index is 0.948. The number of benzene rings is 3. The van der Waals surface area contributed by atoms with Crippen LogP contribution in [0.25, 0.3) is 66.3 Å². The molecule has 42 heavy (non-hydrogen) atoms. The van der Waals surface area contributed by atoms with E-state index in [2.05, 4.69) is 107 Å². The van der Waals surface area contributed by atoms with Crippen LogP contribution >= 0.6 is 0 Å². The van der Waals surface area contributed by atoms with Crippen molar-refractivity contribution in [3.63, 3.8) is 0 Å². The van der Waals surface area contributed by atoms with Crippen molar-refractivity contribution in [3.05, 3.63) is 132 Å². The number of aryl methyl sites for hydroxylation is 4. The Balaban J connectivity index is 1.39. The molecule has 0 saturated carbocycles. The van der Waals surface area contributed by atoms with Gasteiger partial charge in [-0.1, -0.05) is 60.7 Å². The second-order valence-corrected chi connectivity index (χ2v) is 11.0. The zero-order valence-electron chi connectivity index (χ0n) is 24.2.